The fourth-order valence-corrected chi connectivity index (χ4v) is 1.49. The van der Waals surface area contributed by atoms with Crippen molar-refractivity contribution >= 4 is 0 Å². The molecule has 4 nitrogen and oxygen atoms in total. The van der Waals surface area contributed by atoms with Gasteiger partial charge in [-0.2, -0.15) is 0 Å². The molecule has 0 saturated heterocycles. The smallest absolute Gasteiger partial charge is 0.233 e. The largest absolute Gasteiger partial charge is 0.474 e. The number of hydrogen-bond acceptors (Lipinski definition) is 3. The summed E-state index contributed by atoms with van der Waals surface area (Å²) in [5.74, 6) is 0.657. The van der Waals surface area contributed by atoms with Crippen molar-refractivity contribution in [1.82, 2.24) is 14.8 Å². The van der Waals surface area contributed by atoms with E-state index in [0.29, 0.717) is 5.88 Å². The average Bonchev–Trinajstić information content (AvgIpc) is 2.60. The van der Waals surface area contributed by atoms with Gasteiger partial charge >= 0.3 is 0 Å². The van der Waals surface area contributed by atoms with E-state index in [4.69, 9.17) is 4.74 Å². The van der Waals surface area contributed by atoms with Crippen LogP contribution in [-0.4, -0.2) is 20.9 Å². The first kappa shape index (κ1) is 10.7. The van der Waals surface area contributed by atoms with Crippen LogP contribution >= 0.6 is 0 Å². The molecule has 0 fully saturated rings. The fraction of sp³-hybridized carbons (Fsp3) is 0.333. The SMILES string of the molecule is Cc1cc(OC(C)C)nn1-c1ccncc1. The third kappa shape index (κ3) is 2.21. The number of ether oxygens (including phenoxy) is 1. The lowest BCUT2D eigenvalue weighted by Gasteiger charge is -2.05. The quantitative estimate of drug-likeness (QED) is 0.792. The van der Waals surface area contributed by atoms with Crippen LogP contribution in [0.5, 0.6) is 5.88 Å². The van der Waals surface area contributed by atoms with E-state index in [1.54, 1.807) is 12.4 Å². The van der Waals surface area contributed by atoms with Crippen LogP contribution < -0.4 is 4.74 Å². The highest BCUT2D eigenvalue weighted by Gasteiger charge is 2.07. The van der Waals surface area contributed by atoms with Gasteiger partial charge in [-0.3, -0.25) is 4.98 Å². The van der Waals surface area contributed by atoms with Crippen LogP contribution in [0, 0.1) is 6.92 Å². The van der Waals surface area contributed by atoms with Crippen LogP contribution in [0.15, 0.2) is 30.6 Å². The van der Waals surface area contributed by atoms with E-state index in [-0.39, 0.29) is 6.10 Å². The average molecular weight is 217 g/mol. The predicted molar refractivity (Wildman–Crippen MR) is 61.9 cm³/mol. The second-order valence-corrected chi connectivity index (χ2v) is 3.91. The van der Waals surface area contributed by atoms with Crippen molar-refractivity contribution in [2.75, 3.05) is 0 Å². The lowest BCUT2D eigenvalue weighted by molar-refractivity contribution is 0.231. The second kappa shape index (κ2) is 4.35. The van der Waals surface area contributed by atoms with Crippen LogP contribution in [-0.2, 0) is 0 Å². The Hall–Kier alpha value is -1.84. The van der Waals surface area contributed by atoms with E-state index in [2.05, 4.69) is 10.1 Å². The normalized spacial score (nSPS) is 10.8. The summed E-state index contributed by atoms with van der Waals surface area (Å²) in [5, 5.41) is 4.39. The molecule has 4 heteroatoms. The Morgan fingerprint density at radius 3 is 2.56 bits per heavy atom. The topological polar surface area (TPSA) is 39.9 Å². The van der Waals surface area contributed by atoms with Crippen LogP contribution in [0.1, 0.15) is 19.5 Å². The number of rotatable bonds is 3. The molecule has 2 rings (SSSR count). The molecule has 0 aliphatic heterocycles. The summed E-state index contributed by atoms with van der Waals surface area (Å²) in [6.07, 6.45) is 3.64. The molecule has 0 N–H and O–H groups in total. The van der Waals surface area contributed by atoms with Gasteiger partial charge in [-0.25, -0.2) is 4.68 Å². The highest BCUT2D eigenvalue weighted by Crippen LogP contribution is 2.16. The van der Waals surface area contributed by atoms with E-state index in [1.165, 1.54) is 0 Å². The number of aryl methyl sites for hydroxylation is 1. The minimum atomic E-state index is 0.139. The van der Waals surface area contributed by atoms with Crippen LogP contribution in [0.4, 0.5) is 0 Å². The third-order valence-corrected chi connectivity index (χ3v) is 2.13. The number of aromatic nitrogens is 3. The predicted octanol–water partition coefficient (Wildman–Crippen LogP) is 2.36. The van der Waals surface area contributed by atoms with E-state index in [1.807, 2.05) is 43.7 Å². The summed E-state index contributed by atoms with van der Waals surface area (Å²) >= 11 is 0. The Bertz CT molecular complexity index is 462. The molecule has 0 spiro atoms. The summed E-state index contributed by atoms with van der Waals surface area (Å²) in [7, 11) is 0. The number of nitrogens with zero attached hydrogens (tertiary/aromatic N) is 3. The molecule has 16 heavy (non-hydrogen) atoms. The molecule has 0 unspecified atom stereocenters. The van der Waals surface area contributed by atoms with E-state index in [0.717, 1.165) is 11.4 Å². The molecule has 0 atom stereocenters. The van der Waals surface area contributed by atoms with Crippen molar-refractivity contribution in [2.45, 2.75) is 26.9 Å². The van der Waals surface area contributed by atoms with Crippen molar-refractivity contribution in [3.63, 3.8) is 0 Å². The highest BCUT2D eigenvalue weighted by molar-refractivity contribution is 5.32. The number of pyridine rings is 1. The van der Waals surface area contributed by atoms with Gasteiger partial charge in [0.25, 0.3) is 0 Å². The first-order valence-corrected chi connectivity index (χ1v) is 5.30. The molecule has 0 aliphatic rings. The lowest BCUT2D eigenvalue weighted by atomic mass is 10.4. The Morgan fingerprint density at radius 1 is 1.25 bits per heavy atom. The van der Waals surface area contributed by atoms with Gasteiger partial charge in [0.15, 0.2) is 0 Å². The summed E-state index contributed by atoms with van der Waals surface area (Å²) < 4.78 is 7.40. The lowest BCUT2D eigenvalue weighted by Crippen LogP contribution is -2.06. The second-order valence-electron chi connectivity index (χ2n) is 3.91. The van der Waals surface area contributed by atoms with Crippen molar-refractivity contribution < 1.29 is 4.74 Å². The molecule has 0 radical (unpaired) electrons. The van der Waals surface area contributed by atoms with E-state index >= 15 is 0 Å². The molecule has 2 aromatic heterocycles. The summed E-state index contributed by atoms with van der Waals surface area (Å²) in [4.78, 5) is 3.98. The molecular weight excluding hydrogens is 202 g/mol. The zero-order valence-corrected chi connectivity index (χ0v) is 9.71. The van der Waals surface area contributed by atoms with Gasteiger partial charge in [0.2, 0.25) is 5.88 Å². The molecule has 0 aliphatic carbocycles. The van der Waals surface area contributed by atoms with Crippen molar-refractivity contribution in [2.24, 2.45) is 0 Å². The standard InChI is InChI=1S/C12H15N3O/c1-9(2)16-12-8-10(3)15(14-12)11-4-6-13-7-5-11/h4-9H,1-3H3. The highest BCUT2D eigenvalue weighted by atomic mass is 16.5. The third-order valence-electron chi connectivity index (χ3n) is 2.13. The molecule has 2 aromatic rings. The van der Waals surface area contributed by atoms with Gasteiger partial charge in [-0.05, 0) is 32.9 Å². The van der Waals surface area contributed by atoms with E-state index < -0.39 is 0 Å². The van der Waals surface area contributed by atoms with Gasteiger partial charge in [0.05, 0.1) is 11.8 Å². The van der Waals surface area contributed by atoms with Crippen molar-refractivity contribution in [3.8, 4) is 11.6 Å². The molecule has 0 amide bonds. The molecular formula is C12H15N3O. The van der Waals surface area contributed by atoms with Gasteiger partial charge in [0, 0.05) is 24.2 Å². The Kier molecular flexibility index (Phi) is 2.90. The van der Waals surface area contributed by atoms with Crippen LogP contribution in [0.3, 0.4) is 0 Å². The summed E-state index contributed by atoms with van der Waals surface area (Å²) in [5.41, 5.74) is 2.04. The zero-order valence-electron chi connectivity index (χ0n) is 9.71. The maximum atomic E-state index is 5.55. The summed E-state index contributed by atoms with van der Waals surface area (Å²) in [6.45, 7) is 5.97. The molecule has 0 saturated carbocycles. The van der Waals surface area contributed by atoms with E-state index in [9.17, 15) is 0 Å². The van der Waals surface area contributed by atoms with Gasteiger partial charge in [-0.1, -0.05) is 0 Å². The molecule has 0 bridgehead atoms. The minimum Gasteiger partial charge on any atom is -0.474 e. The Balaban J connectivity index is 2.32. The van der Waals surface area contributed by atoms with Crippen molar-refractivity contribution in [3.05, 3.63) is 36.3 Å². The molecule has 0 aromatic carbocycles. The minimum absolute atomic E-state index is 0.139. The first-order valence-electron chi connectivity index (χ1n) is 5.30. The van der Waals surface area contributed by atoms with Gasteiger partial charge < -0.3 is 4.74 Å². The van der Waals surface area contributed by atoms with Gasteiger partial charge in [-0.15, -0.1) is 5.10 Å². The van der Waals surface area contributed by atoms with Gasteiger partial charge in [0.1, 0.15) is 0 Å². The Morgan fingerprint density at radius 2 is 1.94 bits per heavy atom. The fourth-order valence-electron chi connectivity index (χ4n) is 1.49. The maximum absolute atomic E-state index is 5.55. The zero-order chi connectivity index (χ0) is 11.5. The Labute approximate surface area is 94.9 Å². The first-order chi connectivity index (χ1) is 7.66. The maximum Gasteiger partial charge on any atom is 0.233 e. The molecule has 84 valence electrons. The number of hydrogen-bond donors (Lipinski definition) is 0. The van der Waals surface area contributed by atoms with Crippen molar-refractivity contribution in [1.29, 1.82) is 0 Å². The monoisotopic (exact) mass is 217 g/mol. The van der Waals surface area contributed by atoms with Crippen LogP contribution in [0.25, 0.3) is 5.69 Å². The molecule has 2 heterocycles. The summed E-state index contributed by atoms with van der Waals surface area (Å²) in [6, 6.07) is 5.76. The van der Waals surface area contributed by atoms with Crippen LogP contribution in [0.2, 0.25) is 0 Å².